The van der Waals surface area contributed by atoms with E-state index >= 15 is 0 Å². The van der Waals surface area contributed by atoms with E-state index in [1.807, 2.05) is 0 Å². The van der Waals surface area contributed by atoms with Crippen molar-refractivity contribution < 1.29 is 28.9 Å². The number of fused-ring (bicyclic) bond motifs is 1. The van der Waals surface area contributed by atoms with Gasteiger partial charge in [0.1, 0.15) is 0 Å². The fourth-order valence-corrected chi connectivity index (χ4v) is 4.55. The lowest BCUT2D eigenvalue weighted by Gasteiger charge is -2.18. The van der Waals surface area contributed by atoms with E-state index in [1.54, 1.807) is 0 Å². The first-order valence-corrected chi connectivity index (χ1v) is 14.3. The van der Waals surface area contributed by atoms with Crippen molar-refractivity contribution in [2.75, 3.05) is 33.5 Å². The van der Waals surface area contributed by atoms with Crippen LogP contribution in [0.15, 0.2) is 85.0 Å². The van der Waals surface area contributed by atoms with Crippen LogP contribution in [-0.4, -0.2) is 50.6 Å². The van der Waals surface area contributed by atoms with Crippen LogP contribution in [0.3, 0.4) is 0 Å². The first kappa shape index (κ1) is 31.8. The SMILES string of the molecule is C=C(CO)C(=O)OCC(CCc1ccc2cc(-c3ccc(CCCCC)cc3)ccc2c1)COC(=O)C(=C)COC. The summed E-state index contributed by atoms with van der Waals surface area (Å²) >= 11 is 0. The molecular formula is C35H42O6. The van der Waals surface area contributed by atoms with Crippen LogP contribution in [0.2, 0.25) is 0 Å². The summed E-state index contributed by atoms with van der Waals surface area (Å²) < 4.78 is 15.6. The second-order valence-corrected chi connectivity index (χ2v) is 10.5. The summed E-state index contributed by atoms with van der Waals surface area (Å²) in [4.78, 5) is 24.2. The Bertz CT molecular complexity index is 1320. The Morgan fingerprint density at radius 2 is 1.39 bits per heavy atom. The number of ether oxygens (including phenoxy) is 3. The monoisotopic (exact) mass is 558 g/mol. The van der Waals surface area contributed by atoms with Crippen LogP contribution in [0.5, 0.6) is 0 Å². The molecule has 218 valence electrons. The Hall–Kier alpha value is -3.74. The third-order valence-electron chi connectivity index (χ3n) is 7.09. The van der Waals surface area contributed by atoms with Gasteiger partial charge >= 0.3 is 11.9 Å². The zero-order chi connectivity index (χ0) is 29.6. The molecule has 1 unspecified atom stereocenters. The molecule has 0 saturated heterocycles. The van der Waals surface area contributed by atoms with Crippen LogP contribution in [-0.2, 0) is 36.6 Å². The molecular weight excluding hydrogens is 516 g/mol. The molecule has 3 aromatic carbocycles. The molecule has 0 saturated carbocycles. The van der Waals surface area contributed by atoms with Gasteiger partial charge in [0.05, 0.1) is 37.6 Å². The number of aryl methyl sites for hydroxylation is 2. The zero-order valence-electron chi connectivity index (χ0n) is 24.3. The molecule has 0 heterocycles. The van der Waals surface area contributed by atoms with Crippen molar-refractivity contribution in [1.29, 1.82) is 0 Å². The Balaban J connectivity index is 1.65. The lowest BCUT2D eigenvalue weighted by atomic mass is 9.96. The molecule has 0 radical (unpaired) electrons. The summed E-state index contributed by atoms with van der Waals surface area (Å²) in [5.41, 5.74) is 5.11. The minimum Gasteiger partial charge on any atom is -0.462 e. The molecule has 0 aromatic heterocycles. The third-order valence-corrected chi connectivity index (χ3v) is 7.09. The van der Waals surface area contributed by atoms with Crippen molar-refractivity contribution in [1.82, 2.24) is 0 Å². The molecule has 0 amide bonds. The summed E-state index contributed by atoms with van der Waals surface area (Å²) in [6.45, 7) is 9.11. The zero-order valence-corrected chi connectivity index (χ0v) is 24.3. The number of aliphatic hydroxyl groups excluding tert-OH is 1. The van der Waals surface area contributed by atoms with Gasteiger partial charge in [-0.2, -0.15) is 0 Å². The topological polar surface area (TPSA) is 82.1 Å². The number of benzene rings is 3. The van der Waals surface area contributed by atoms with Crippen molar-refractivity contribution in [3.8, 4) is 11.1 Å². The number of esters is 2. The van der Waals surface area contributed by atoms with E-state index in [4.69, 9.17) is 19.3 Å². The predicted octanol–water partition coefficient (Wildman–Crippen LogP) is 6.63. The van der Waals surface area contributed by atoms with E-state index in [0.717, 1.165) is 22.8 Å². The standard InChI is InChI=1S/C35H42O6/c1-5-6-7-8-27-11-14-30(15-12-27)32-18-17-31-19-28(13-16-33(31)20-32)9-10-29(23-40-34(37)25(2)21-36)24-41-35(38)26(3)22-39-4/h11-20,29,36H,2-3,5-10,21-24H2,1,4H3. The summed E-state index contributed by atoms with van der Waals surface area (Å²) in [5, 5.41) is 11.4. The van der Waals surface area contributed by atoms with Gasteiger partial charge in [0.15, 0.2) is 0 Å². The Morgan fingerprint density at radius 3 is 2.05 bits per heavy atom. The number of hydrogen-bond acceptors (Lipinski definition) is 6. The first-order valence-electron chi connectivity index (χ1n) is 14.3. The van der Waals surface area contributed by atoms with E-state index < -0.39 is 18.5 Å². The summed E-state index contributed by atoms with van der Waals surface area (Å²) in [6.07, 6.45) is 6.18. The number of hydrogen-bond donors (Lipinski definition) is 1. The number of rotatable bonds is 17. The molecule has 1 atom stereocenters. The largest absolute Gasteiger partial charge is 0.462 e. The molecule has 0 spiro atoms. The van der Waals surface area contributed by atoms with E-state index in [0.29, 0.717) is 12.8 Å². The fourth-order valence-electron chi connectivity index (χ4n) is 4.55. The summed E-state index contributed by atoms with van der Waals surface area (Å²) in [7, 11) is 1.48. The molecule has 0 fully saturated rings. The second kappa shape index (κ2) is 16.5. The molecule has 6 nitrogen and oxygen atoms in total. The highest BCUT2D eigenvalue weighted by atomic mass is 16.5. The van der Waals surface area contributed by atoms with Gasteiger partial charge in [-0.1, -0.05) is 87.5 Å². The fraction of sp³-hybridized carbons (Fsp3) is 0.371. The number of carbonyl (C=O) groups excluding carboxylic acids is 2. The van der Waals surface area contributed by atoms with Crippen LogP contribution < -0.4 is 0 Å². The van der Waals surface area contributed by atoms with Gasteiger partial charge in [-0.15, -0.1) is 0 Å². The quantitative estimate of drug-likeness (QED) is 0.114. The van der Waals surface area contributed by atoms with Gasteiger partial charge in [-0.3, -0.25) is 0 Å². The third kappa shape index (κ3) is 9.99. The predicted molar refractivity (Wildman–Crippen MR) is 164 cm³/mol. The summed E-state index contributed by atoms with van der Waals surface area (Å²) in [6, 6.07) is 21.8. The van der Waals surface area contributed by atoms with Gasteiger partial charge in [0, 0.05) is 13.0 Å². The highest BCUT2D eigenvalue weighted by Crippen LogP contribution is 2.26. The first-order chi connectivity index (χ1) is 19.8. The van der Waals surface area contributed by atoms with Crippen molar-refractivity contribution in [2.45, 2.75) is 45.4 Å². The molecule has 0 aliphatic carbocycles. The molecule has 0 aliphatic heterocycles. The molecule has 0 bridgehead atoms. The Labute approximate surface area is 243 Å². The van der Waals surface area contributed by atoms with Gasteiger partial charge in [0.25, 0.3) is 0 Å². The minimum atomic E-state index is -0.666. The van der Waals surface area contributed by atoms with Crippen LogP contribution in [0.1, 0.15) is 43.7 Å². The van der Waals surface area contributed by atoms with Gasteiger partial charge in [-0.05, 0) is 64.8 Å². The lowest BCUT2D eigenvalue weighted by Crippen LogP contribution is -2.23. The van der Waals surface area contributed by atoms with E-state index in [9.17, 15) is 9.59 Å². The van der Waals surface area contributed by atoms with E-state index in [2.05, 4.69) is 80.7 Å². The molecule has 3 aromatic rings. The van der Waals surface area contributed by atoms with E-state index in [1.165, 1.54) is 43.1 Å². The maximum atomic E-state index is 12.2. The van der Waals surface area contributed by atoms with Crippen LogP contribution in [0.4, 0.5) is 0 Å². The highest BCUT2D eigenvalue weighted by Gasteiger charge is 2.18. The highest BCUT2D eigenvalue weighted by molar-refractivity contribution is 5.89. The lowest BCUT2D eigenvalue weighted by molar-refractivity contribution is -0.144. The Morgan fingerprint density at radius 1 is 0.780 bits per heavy atom. The van der Waals surface area contributed by atoms with Gasteiger partial charge in [-0.25, -0.2) is 9.59 Å². The molecule has 3 rings (SSSR count). The van der Waals surface area contributed by atoms with Crippen LogP contribution in [0, 0.1) is 5.92 Å². The van der Waals surface area contributed by atoms with Crippen molar-refractivity contribution in [3.05, 3.63) is 96.1 Å². The molecule has 1 N–H and O–H groups in total. The van der Waals surface area contributed by atoms with Crippen molar-refractivity contribution in [3.63, 3.8) is 0 Å². The number of unbranched alkanes of at least 4 members (excludes halogenated alkanes) is 2. The molecule has 6 heteroatoms. The van der Waals surface area contributed by atoms with Gasteiger partial charge < -0.3 is 19.3 Å². The normalized spacial score (nSPS) is 11.7. The second-order valence-electron chi connectivity index (χ2n) is 10.5. The average molecular weight is 559 g/mol. The Kier molecular flexibility index (Phi) is 12.8. The number of methoxy groups -OCH3 is 1. The number of carbonyl (C=O) groups is 2. The molecule has 0 aliphatic rings. The van der Waals surface area contributed by atoms with Crippen molar-refractivity contribution >= 4 is 22.7 Å². The average Bonchev–Trinajstić information content (AvgIpc) is 3.00. The maximum absolute atomic E-state index is 12.2. The summed E-state index contributed by atoms with van der Waals surface area (Å²) in [5.74, 6) is -1.45. The van der Waals surface area contributed by atoms with Crippen molar-refractivity contribution in [2.24, 2.45) is 5.92 Å². The number of aliphatic hydroxyl groups is 1. The van der Waals surface area contributed by atoms with Gasteiger partial charge in [0.2, 0.25) is 0 Å². The van der Waals surface area contributed by atoms with E-state index in [-0.39, 0.29) is 36.9 Å². The molecule has 41 heavy (non-hydrogen) atoms. The smallest absolute Gasteiger partial charge is 0.335 e. The minimum absolute atomic E-state index is 0.0222. The van der Waals surface area contributed by atoms with Crippen LogP contribution in [0.25, 0.3) is 21.9 Å². The maximum Gasteiger partial charge on any atom is 0.335 e. The van der Waals surface area contributed by atoms with Crippen LogP contribution >= 0.6 is 0 Å².